The molecule has 3 heteroatoms. The number of carbonyl (C=O) groups excluding carboxylic acids is 1. The molecule has 0 aromatic carbocycles. The van der Waals surface area contributed by atoms with Gasteiger partial charge in [0.2, 0.25) is 5.91 Å². The second kappa shape index (κ2) is 3.01. The fourth-order valence-corrected chi connectivity index (χ4v) is 1.22. The Kier molecular flexibility index (Phi) is 2.27. The molecule has 10 heavy (non-hydrogen) atoms. The molecule has 1 heterocycles. The van der Waals surface area contributed by atoms with Crippen molar-refractivity contribution >= 4 is 5.91 Å². The predicted octanol–water partition coefficient (Wildman–Crippen LogP) is -0.184. The normalized spacial score (nSPS) is 32.4. The van der Waals surface area contributed by atoms with Crippen molar-refractivity contribution in [1.82, 2.24) is 5.32 Å². The second-order valence-corrected chi connectivity index (χ2v) is 2.69. The van der Waals surface area contributed by atoms with Crippen LogP contribution in [-0.4, -0.2) is 18.0 Å². The van der Waals surface area contributed by atoms with Crippen LogP contribution in [0.15, 0.2) is 0 Å². The average Bonchev–Trinajstić information content (AvgIpc) is 2.14. The average molecular weight is 141 g/mol. The lowest BCUT2D eigenvalue weighted by Crippen LogP contribution is -2.31. The molecule has 1 fully saturated rings. The maximum atomic E-state index is 10.8. The minimum absolute atomic E-state index is 0.00755. The van der Waals surface area contributed by atoms with Gasteiger partial charge in [0.1, 0.15) is 0 Å². The van der Waals surface area contributed by atoms with Crippen molar-refractivity contribution in [3.8, 4) is 0 Å². The minimum atomic E-state index is -0.273. The summed E-state index contributed by atoms with van der Waals surface area (Å²) in [5.74, 6) is -0.00755. The lowest BCUT2D eigenvalue weighted by molar-refractivity contribution is -0.120. The number of carbonyl (C=O) groups is 1. The number of amides is 1. The molecule has 0 aliphatic carbocycles. The Balaban J connectivity index is 2.34. The summed E-state index contributed by atoms with van der Waals surface area (Å²) in [5.41, 5.74) is 5.47. The zero-order chi connectivity index (χ0) is 7.56. The molecule has 1 aliphatic rings. The highest BCUT2D eigenvalue weighted by Gasteiger charge is 2.27. The van der Waals surface area contributed by atoms with Gasteiger partial charge in [-0.3, -0.25) is 4.79 Å². The van der Waals surface area contributed by atoms with E-state index in [0.717, 1.165) is 12.8 Å². The monoisotopic (exact) mass is 141 g/mol. The van der Waals surface area contributed by atoms with Crippen LogP contribution in [0, 0.1) is 6.42 Å². The van der Waals surface area contributed by atoms with E-state index in [1.807, 2.05) is 13.3 Å². The van der Waals surface area contributed by atoms with Crippen LogP contribution in [0.2, 0.25) is 0 Å². The third-order valence-corrected chi connectivity index (χ3v) is 1.74. The van der Waals surface area contributed by atoms with E-state index in [4.69, 9.17) is 5.73 Å². The Hall–Kier alpha value is -0.570. The van der Waals surface area contributed by atoms with Gasteiger partial charge in [-0.1, -0.05) is 6.92 Å². The molecular formula is C7H13N2O. The van der Waals surface area contributed by atoms with Crippen LogP contribution >= 0.6 is 0 Å². The summed E-state index contributed by atoms with van der Waals surface area (Å²) in [7, 11) is 0. The Labute approximate surface area is 61.0 Å². The van der Waals surface area contributed by atoms with Crippen LogP contribution in [0.4, 0.5) is 0 Å². The van der Waals surface area contributed by atoms with E-state index in [2.05, 4.69) is 5.32 Å². The molecule has 0 bridgehead atoms. The summed E-state index contributed by atoms with van der Waals surface area (Å²) < 4.78 is 0. The highest BCUT2D eigenvalue weighted by atomic mass is 16.2. The standard InChI is InChI=1S/C7H13N2O/c1-2-3-5-4-6(8)7(10)9-5/h2,5-6H,3-4,8H2,1H3,(H,9,10)/t5?,6-/m0/s1. The predicted molar refractivity (Wildman–Crippen MR) is 39.1 cm³/mol. The van der Waals surface area contributed by atoms with Crippen LogP contribution in [0.5, 0.6) is 0 Å². The molecule has 3 N–H and O–H groups in total. The Bertz CT molecular complexity index is 136. The van der Waals surface area contributed by atoms with Gasteiger partial charge in [-0.15, -0.1) is 0 Å². The zero-order valence-corrected chi connectivity index (χ0v) is 6.13. The first-order valence-electron chi connectivity index (χ1n) is 3.58. The first kappa shape index (κ1) is 7.54. The maximum Gasteiger partial charge on any atom is 0.237 e. The number of nitrogens with one attached hydrogen (secondary N) is 1. The molecule has 0 aromatic heterocycles. The van der Waals surface area contributed by atoms with Crippen LogP contribution in [0.25, 0.3) is 0 Å². The van der Waals surface area contributed by atoms with E-state index in [9.17, 15) is 4.79 Å². The summed E-state index contributed by atoms with van der Waals surface area (Å²) in [6.45, 7) is 1.98. The summed E-state index contributed by atoms with van der Waals surface area (Å²) in [6.07, 6.45) is 3.76. The van der Waals surface area contributed by atoms with Crippen molar-refractivity contribution in [2.24, 2.45) is 5.73 Å². The summed E-state index contributed by atoms with van der Waals surface area (Å²) in [4.78, 5) is 10.8. The van der Waals surface area contributed by atoms with Gasteiger partial charge in [0.15, 0.2) is 0 Å². The fraction of sp³-hybridized carbons (Fsp3) is 0.714. The summed E-state index contributed by atoms with van der Waals surface area (Å²) >= 11 is 0. The van der Waals surface area contributed by atoms with Gasteiger partial charge in [-0.25, -0.2) is 0 Å². The van der Waals surface area contributed by atoms with Gasteiger partial charge in [0.25, 0.3) is 0 Å². The molecule has 0 saturated carbocycles. The molecular weight excluding hydrogens is 128 g/mol. The molecule has 1 unspecified atom stereocenters. The molecule has 1 aliphatic heterocycles. The Morgan fingerprint density at radius 2 is 2.60 bits per heavy atom. The van der Waals surface area contributed by atoms with E-state index in [1.165, 1.54) is 0 Å². The first-order valence-corrected chi connectivity index (χ1v) is 3.58. The number of hydrogen-bond donors (Lipinski definition) is 2. The Morgan fingerprint density at radius 3 is 3.00 bits per heavy atom. The lowest BCUT2D eigenvalue weighted by Gasteiger charge is -2.05. The Morgan fingerprint density at radius 1 is 1.90 bits per heavy atom. The lowest BCUT2D eigenvalue weighted by atomic mass is 10.1. The van der Waals surface area contributed by atoms with Crippen molar-refractivity contribution < 1.29 is 4.79 Å². The maximum absolute atomic E-state index is 10.8. The van der Waals surface area contributed by atoms with Gasteiger partial charge in [-0.2, -0.15) is 0 Å². The number of hydrogen-bond acceptors (Lipinski definition) is 2. The minimum Gasteiger partial charge on any atom is -0.352 e. The number of rotatable bonds is 2. The van der Waals surface area contributed by atoms with Crippen molar-refractivity contribution in [2.45, 2.75) is 31.8 Å². The quantitative estimate of drug-likeness (QED) is 0.560. The molecule has 3 nitrogen and oxygen atoms in total. The highest BCUT2D eigenvalue weighted by molar-refractivity contribution is 5.84. The van der Waals surface area contributed by atoms with Crippen LogP contribution in [0.1, 0.15) is 19.8 Å². The topological polar surface area (TPSA) is 55.1 Å². The van der Waals surface area contributed by atoms with Crippen molar-refractivity contribution in [3.63, 3.8) is 0 Å². The molecule has 1 saturated heterocycles. The van der Waals surface area contributed by atoms with Crippen LogP contribution in [-0.2, 0) is 4.79 Å². The smallest absolute Gasteiger partial charge is 0.237 e. The summed E-state index contributed by atoms with van der Waals surface area (Å²) in [5, 5.41) is 2.81. The van der Waals surface area contributed by atoms with Gasteiger partial charge in [-0.05, 0) is 19.3 Å². The largest absolute Gasteiger partial charge is 0.352 e. The summed E-state index contributed by atoms with van der Waals surface area (Å²) in [6, 6.07) is 0.0115. The molecule has 0 aromatic rings. The molecule has 1 radical (unpaired) electrons. The van der Waals surface area contributed by atoms with E-state index < -0.39 is 0 Å². The third kappa shape index (κ3) is 1.48. The molecule has 2 atom stereocenters. The van der Waals surface area contributed by atoms with Crippen molar-refractivity contribution in [3.05, 3.63) is 6.42 Å². The van der Waals surface area contributed by atoms with E-state index >= 15 is 0 Å². The fourth-order valence-electron chi connectivity index (χ4n) is 1.22. The van der Waals surface area contributed by atoms with E-state index in [1.54, 1.807) is 0 Å². The van der Waals surface area contributed by atoms with Gasteiger partial charge in [0, 0.05) is 6.04 Å². The van der Waals surface area contributed by atoms with Gasteiger partial charge >= 0.3 is 0 Å². The van der Waals surface area contributed by atoms with E-state index in [0.29, 0.717) is 0 Å². The molecule has 1 rings (SSSR count). The molecule has 57 valence electrons. The second-order valence-electron chi connectivity index (χ2n) is 2.69. The van der Waals surface area contributed by atoms with E-state index in [-0.39, 0.29) is 18.0 Å². The molecule has 1 amide bonds. The van der Waals surface area contributed by atoms with Crippen LogP contribution in [0.3, 0.4) is 0 Å². The zero-order valence-electron chi connectivity index (χ0n) is 6.13. The van der Waals surface area contributed by atoms with Crippen molar-refractivity contribution in [1.29, 1.82) is 0 Å². The SMILES string of the molecule is C[CH]CC1C[C@H](N)C(=O)N1. The third-order valence-electron chi connectivity index (χ3n) is 1.74. The first-order chi connectivity index (χ1) is 4.74. The van der Waals surface area contributed by atoms with Gasteiger partial charge < -0.3 is 11.1 Å². The van der Waals surface area contributed by atoms with Gasteiger partial charge in [0.05, 0.1) is 6.04 Å². The van der Waals surface area contributed by atoms with Crippen molar-refractivity contribution in [2.75, 3.05) is 0 Å². The number of nitrogens with two attached hydrogens (primary N) is 1. The van der Waals surface area contributed by atoms with Crippen LogP contribution < -0.4 is 11.1 Å². The highest BCUT2D eigenvalue weighted by Crippen LogP contribution is 2.09. The molecule has 0 spiro atoms.